The van der Waals surface area contributed by atoms with E-state index in [2.05, 4.69) is 15.1 Å². The lowest BCUT2D eigenvalue weighted by Crippen LogP contribution is -2.28. The molecule has 6 heteroatoms. The summed E-state index contributed by atoms with van der Waals surface area (Å²) in [6.45, 7) is 5.90. The zero-order valence-electron chi connectivity index (χ0n) is 14.5. The first kappa shape index (κ1) is 17.1. The van der Waals surface area contributed by atoms with Crippen molar-refractivity contribution in [3.8, 4) is 17.1 Å². The third-order valence-electron chi connectivity index (χ3n) is 4.20. The van der Waals surface area contributed by atoms with Crippen LogP contribution in [0.2, 0.25) is 0 Å². The zero-order chi connectivity index (χ0) is 17.9. The minimum Gasteiger partial charge on any atom is -0.489 e. The van der Waals surface area contributed by atoms with Crippen molar-refractivity contribution in [2.45, 2.75) is 33.0 Å². The standard InChI is InChI=1S/C19H21N3O3/c1-13(2)19(3,23)18-21-17(22-25-18)15-7-4-8-16(10-15)24-12-14-6-5-9-20-11-14/h4-11,13,23H,12H2,1-3H3/t19-/m0/s1. The van der Waals surface area contributed by atoms with Gasteiger partial charge in [0.05, 0.1) is 0 Å². The van der Waals surface area contributed by atoms with Crippen molar-refractivity contribution >= 4 is 0 Å². The van der Waals surface area contributed by atoms with Crippen LogP contribution in [0.5, 0.6) is 5.75 Å². The summed E-state index contributed by atoms with van der Waals surface area (Å²) < 4.78 is 11.0. The zero-order valence-corrected chi connectivity index (χ0v) is 14.5. The summed E-state index contributed by atoms with van der Waals surface area (Å²) in [5.74, 6) is 1.28. The molecule has 0 aliphatic rings. The van der Waals surface area contributed by atoms with Crippen molar-refractivity contribution in [1.82, 2.24) is 15.1 Å². The summed E-state index contributed by atoms with van der Waals surface area (Å²) in [4.78, 5) is 8.41. The van der Waals surface area contributed by atoms with E-state index in [9.17, 15) is 5.11 Å². The number of rotatable bonds is 6. The van der Waals surface area contributed by atoms with Crippen LogP contribution in [0.15, 0.2) is 53.3 Å². The second-order valence-electron chi connectivity index (χ2n) is 6.40. The van der Waals surface area contributed by atoms with Gasteiger partial charge in [-0.3, -0.25) is 4.98 Å². The lowest BCUT2D eigenvalue weighted by molar-refractivity contribution is -0.0205. The smallest absolute Gasteiger partial charge is 0.258 e. The number of nitrogens with zero attached hydrogens (tertiary/aromatic N) is 3. The molecule has 0 bridgehead atoms. The van der Waals surface area contributed by atoms with Crippen LogP contribution in [0.1, 0.15) is 32.2 Å². The maximum Gasteiger partial charge on any atom is 0.258 e. The molecule has 3 aromatic rings. The van der Waals surface area contributed by atoms with Crippen molar-refractivity contribution in [2.75, 3.05) is 0 Å². The Hall–Kier alpha value is -2.73. The van der Waals surface area contributed by atoms with Gasteiger partial charge in [-0.25, -0.2) is 0 Å². The van der Waals surface area contributed by atoms with Crippen LogP contribution < -0.4 is 4.74 Å². The Morgan fingerprint density at radius 3 is 2.80 bits per heavy atom. The topological polar surface area (TPSA) is 81.3 Å². The highest BCUT2D eigenvalue weighted by Gasteiger charge is 2.33. The van der Waals surface area contributed by atoms with E-state index in [0.29, 0.717) is 18.2 Å². The Morgan fingerprint density at radius 1 is 1.24 bits per heavy atom. The molecule has 0 unspecified atom stereocenters. The molecule has 0 amide bonds. The van der Waals surface area contributed by atoms with Crippen LogP contribution in [0, 0.1) is 5.92 Å². The summed E-state index contributed by atoms with van der Waals surface area (Å²) in [7, 11) is 0. The van der Waals surface area contributed by atoms with Gasteiger partial charge in [0.15, 0.2) is 0 Å². The van der Waals surface area contributed by atoms with Crippen LogP contribution in [-0.4, -0.2) is 20.2 Å². The maximum absolute atomic E-state index is 10.5. The largest absolute Gasteiger partial charge is 0.489 e. The SMILES string of the molecule is CC(C)[C@](C)(O)c1nc(-c2cccc(OCc3cccnc3)c2)no1. The Labute approximate surface area is 146 Å². The fraction of sp³-hybridized carbons (Fsp3) is 0.316. The van der Waals surface area contributed by atoms with Crippen LogP contribution in [0.4, 0.5) is 0 Å². The number of pyridine rings is 1. The van der Waals surface area contributed by atoms with E-state index >= 15 is 0 Å². The normalized spacial score (nSPS) is 13.6. The maximum atomic E-state index is 10.5. The molecule has 3 rings (SSSR count). The number of hydrogen-bond donors (Lipinski definition) is 1. The fourth-order valence-electron chi connectivity index (χ4n) is 2.17. The Balaban J connectivity index is 1.77. The summed E-state index contributed by atoms with van der Waals surface area (Å²) in [6.07, 6.45) is 3.49. The van der Waals surface area contributed by atoms with Gasteiger partial charge in [0.25, 0.3) is 5.89 Å². The Morgan fingerprint density at radius 2 is 2.08 bits per heavy atom. The monoisotopic (exact) mass is 339 g/mol. The van der Waals surface area contributed by atoms with Gasteiger partial charge in [-0.15, -0.1) is 0 Å². The average molecular weight is 339 g/mol. The molecule has 0 saturated heterocycles. The molecule has 25 heavy (non-hydrogen) atoms. The molecule has 0 radical (unpaired) electrons. The molecule has 0 spiro atoms. The third-order valence-corrected chi connectivity index (χ3v) is 4.20. The molecular formula is C19H21N3O3. The second kappa shape index (κ2) is 7.03. The second-order valence-corrected chi connectivity index (χ2v) is 6.40. The van der Waals surface area contributed by atoms with E-state index in [4.69, 9.17) is 9.26 Å². The minimum atomic E-state index is -1.17. The third kappa shape index (κ3) is 3.85. The molecule has 0 aliphatic carbocycles. The first-order valence-corrected chi connectivity index (χ1v) is 8.15. The minimum absolute atomic E-state index is 0.0463. The number of benzene rings is 1. The number of hydrogen-bond acceptors (Lipinski definition) is 6. The molecule has 0 fully saturated rings. The molecule has 6 nitrogen and oxygen atoms in total. The first-order chi connectivity index (χ1) is 12.0. The summed E-state index contributed by atoms with van der Waals surface area (Å²) in [5.41, 5.74) is 0.584. The van der Waals surface area contributed by atoms with Crippen LogP contribution in [-0.2, 0) is 12.2 Å². The molecule has 1 atom stereocenters. The van der Waals surface area contributed by atoms with E-state index in [1.54, 1.807) is 19.3 Å². The molecule has 1 N–H and O–H groups in total. The first-order valence-electron chi connectivity index (χ1n) is 8.15. The quantitative estimate of drug-likeness (QED) is 0.739. The van der Waals surface area contributed by atoms with Gasteiger partial charge in [-0.2, -0.15) is 4.98 Å². The van der Waals surface area contributed by atoms with Gasteiger partial charge in [-0.05, 0) is 31.0 Å². The van der Waals surface area contributed by atoms with E-state index in [1.165, 1.54) is 0 Å². The molecule has 2 heterocycles. The van der Waals surface area contributed by atoms with E-state index < -0.39 is 5.60 Å². The van der Waals surface area contributed by atoms with Crippen molar-refractivity contribution in [3.63, 3.8) is 0 Å². The molecule has 2 aromatic heterocycles. The summed E-state index contributed by atoms with van der Waals surface area (Å²) in [6, 6.07) is 11.3. The highest BCUT2D eigenvalue weighted by Crippen LogP contribution is 2.30. The predicted molar refractivity (Wildman–Crippen MR) is 92.7 cm³/mol. The van der Waals surface area contributed by atoms with E-state index in [0.717, 1.165) is 11.1 Å². The lowest BCUT2D eigenvalue weighted by atomic mass is 9.92. The average Bonchev–Trinajstić information content (AvgIpc) is 3.12. The van der Waals surface area contributed by atoms with E-state index in [1.807, 2.05) is 50.2 Å². The summed E-state index contributed by atoms with van der Waals surface area (Å²) >= 11 is 0. The predicted octanol–water partition coefficient (Wildman–Crippen LogP) is 3.57. The van der Waals surface area contributed by atoms with Gasteiger partial charge in [0.2, 0.25) is 5.82 Å². The van der Waals surface area contributed by atoms with Gasteiger partial charge < -0.3 is 14.4 Å². The summed E-state index contributed by atoms with van der Waals surface area (Å²) in [5, 5.41) is 14.4. The highest BCUT2D eigenvalue weighted by atomic mass is 16.5. The van der Waals surface area contributed by atoms with Gasteiger partial charge in [0, 0.05) is 23.5 Å². The van der Waals surface area contributed by atoms with Gasteiger partial charge in [0.1, 0.15) is 18.0 Å². The lowest BCUT2D eigenvalue weighted by Gasteiger charge is -2.22. The molecule has 0 saturated carbocycles. The molecule has 130 valence electrons. The molecule has 0 aliphatic heterocycles. The highest BCUT2D eigenvalue weighted by molar-refractivity contribution is 5.56. The van der Waals surface area contributed by atoms with Gasteiger partial charge >= 0.3 is 0 Å². The molecule has 1 aromatic carbocycles. The van der Waals surface area contributed by atoms with Crippen LogP contribution in [0.25, 0.3) is 11.4 Å². The number of ether oxygens (including phenoxy) is 1. The fourth-order valence-corrected chi connectivity index (χ4v) is 2.17. The Kier molecular flexibility index (Phi) is 4.81. The molecular weight excluding hydrogens is 318 g/mol. The van der Waals surface area contributed by atoms with Gasteiger partial charge in [-0.1, -0.05) is 37.2 Å². The van der Waals surface area contributed by atoms with Crippen molar-refractivity contribution in [1.29, 1.82) is 0 Å². The van der Waals surface area contributed by atoms with Crippen molar-refractivity contribution < 1.29 is 14.4 Å². The Bertz CT molecular complexity index is 829. The van der Waals surface area contributed by atoms with Crippen LogP contribution in [0.3, 0.4) is 0 Å². The number of aliphatic hydroxyl groups is 1. The van der Waals surface area contributed by atoms with E-state index in [-0.39, 0.29) is 11.8 Å². The van der Waals surface area contributed by atoms with Crippen molar-refractivity contribution in [3.05, 3.63) is 60.2 Å². The van der Waals surface area contributed by atoms with Crippen molar-refractivity contribution in [2.24, 2.45) is 5.92 Å². The number of aromatic nitrogens is 3. The van der Waals surface area contributed by atoms with Crippen LogP contribution >= 0.6 is 0 Å².